The minimum atomic E-state index is -3.66. The van der Waals surface area contributed by atoms with Crippen molar-refractivity contribution in [1.82, 2.24) is 5.32 Å². The Morgan fingerprint density at radius 3 is 2.36 bits per heavy atom. The molecule has 0 unspecified atom stereocenters. The van der Waals surface area contributed by atoms with Gasteiger partial charge in [0.25, 0.3) is 5.91 Å². The van der Waals surface area contributed by atoms with Crippen LogP contribution in [0.4, 0.5) is 0 Å². The number of hydrogen-bond acceptors (Lipinski definition) is 5. The predicted molar refractivity (Wildman–Crippen MR) is 92.5 cm³/mol. The van der Waals surface area contributed by atoms with Crippen molar-refractivity contribution in [2.24, 2.45) is 0 Å². The van der Waals surface area contributed by atoms with Crippen LogP contribution >= 0.6 is 11.3 Å². The van der Waals surface area contributed by atoms with Crippen molar-refractivity contribution in [2.45, 2.75) is 40.3 Å². The average Bonchev–Trinajstić information content (AvgIpc) is 3.04. The average molecular weight is 379 g/mol. The first-order valence-electron chi connectivity index (χ1n) is 7.77. The minimum absolute atomic E-state index is 0.0877. The third-order valence-corrected chi connectivity index (χ3v) is 7.65. The summed E-state index contributed by atoms with van der Waals surface area (Å²) >= 11 is 0.889. The minimum Gasteiger partial charge on any atom is -0.481 e. The first-order chi connectivity index (χ1) is 11.8. The number of hydrogen-bond donors (Lipinski definition) is 2. The zero-order valence-electron chi connectivity index (χ0n) is 13.3. The van der Waals surface area contributed by atoms with Crippen LogP contribution in [0.25, 0.3) is 0 Å². The fourth-order valence-electron chi connectivity index (χ4n) is 2.84. The van der Waals surface area contributed by atoms with E-state index in [-0.39, 0.29) is 20.4 Å². The molecule has 1 aliphatic rings. The Balaban J connectivity index is 1.79. The maximum Gasteiger partial charge on any atom is 0.305 e. The van der Waals surface area contributed by atoms with E-state index in [0.717, 1.165) is 17.8 Å². The van der Waals surface area contributed by atoms with Gasteiger partial charge in [0, 0.05) is 0 Å². The molecule has 1 aliphatic carbocycles. The molecule has 132 valence electrons. The Bertz CT molecular complexity index is 898. The van der Waals surface area contributed by atoms with E-state index >= 15 is 0 Å². The lowest BCUT2D eigenvalue weighted by Gasteiger charge is -2.41. The van der Waals surface area contributed by atoms with Crippen LogP contribution in [-0.2, 0) is 14.6 Å². The molecule has 1 heterocycles. The summed E-state index contributed by atoms with van der Waals surface area (Å²) in [6, 6.07) is 10.9. The quantitative estimate of drug-likeness (QED) is 0.804. The van der Waals surface area contributed by atoms with E-state index in [4.69, 9.17) is 5.11 Å². The van der Waals surface area contributed by atoms with Gasteiger partial charge in [0.2, 0.25) is 9.84 Å². The Morgan fingerprint density at radius 2 is 1.80 bits per heavy atom. The van der Waals surface area contributed by atoms with Crippen molar-refractivity contribution in [3.05, 3.63) is 47.3 Å². The molecule has 2 N–H and O–H groups in total. The molecule has 1 aromatic heterocycles. The molecule has 3 rings (SSSR count). The number of rotatable bonds is 6. The number of carbonyl (C=O) groups excluding carboxylic acids is 1. The third-order valence-electron chi connectivity index (χ3n) is 4.30. The van der Waals surface area contributed by atoms with Gasteiger partial charge in [-0.1, -0.05) is 18.2 Å². The molecule has 0 radical (unpaired) electrons. The standard InChI is InChI=1S/C17H17NO5S2/c19-14(20)11-17(9-4-10-17)18-16(21)13-7-8-15(24-13)25(22,23)12-5-2-1-3-6-12/h1-3,5-8H,4,9-11H2,(H,18,21)(H,19,20). The summed E-state index contributed by atoms with van der Waals surface area (Å²) in [6.07, 6.45) is 1.97. The maximum atomic E-state index is 12.6. The smallest absolute Gasteiger partial charge is 0.305 e. The van der Waals surface area contributed by atoms with E-state index < -0.39 is 27.3 Å². The fraction of sp³-hybridized carbons (Fsp3) is 0.294. The van der Waals surface area contributed by atoms with Gasteiger partial charge >= 0.3 is 5.97 Å². The van der Waals surface area contributed by atoms with Crippen molar-refractivity contribution >= 4 is 33.1 Å². The van der Waals surface area contributed by atoms with Crippen molar-refractivity contribution in [3.63, 3.8) is 0 Å². The zero-order chi connectivity index (χ0) is 18.1. The summed E-state index contributed by atoms with van der Waals surface area (Å²) in [6.45, 7) is 0. The number of aliphatic carboxylic acids is 1. The molecular weight excluding hydrogens is 362 g/mol. The number of carboxylic acids is 1. The van der Waals surface area contributed by atoms with Crippen LogP contribution < -0.4 is 5.32 Å². The van der Waals surface area contributed by atoms with Crippen molar-refractivity contribution in [1.29, 1.82) is 0 Å². The highest BCUT2D eigenvalue weighted by Gasteiger charge is 2.40. The lowest BCUT2D eigenvalue weighted by Crippen LogP contribution is -2.54. The molecule has 0 saturated heterocycles. The van der Waals surface area contributed by atoms with E-state index in [1.165, 1.54) is 24.3 Å². The van der Waals surface area contributed by atoms with Crippen molar-refractivity contribution in [3.8, 4) is 0 Å². The molecule has 0 spiro atoms. The number of amides is 1. The second-order valence-corrected chi connectivity index (χ2v) is 9.35. The van der Waals surface area contributed by atoms with Crippen LogP contribution in [-0.4, -0.2) is 30.9 Å². The maximum absolute atomic E-state index is 12.6. The van der Waals surface area contributed by atoms with Crippen LogP contribution in [0.1, 0.15) is 35.4 Å². The number of thiophene rings is 1. The molecule has 25 heavy (non-hydrogen) atoms. The fourth-order valence-corrected chi connectivity index (χ4v) is 5.47. The summed E-state index contributed by atoms with van der Waals surface area (Å²) in [5.74, 6) is -1.39. The topological polar surface area (TPSA) is 101 Å². The van der Waals surface area contributed by atoms with Crippen LogP contribution in [0.15, 0.2) is 51.6 Å². The van der Waals surface area contributed by atoms with Gasteiger partial charge in [-0.3, -0.25) is 9.59 Å². The van der Waals surface area contributed by atoms with E-state index in [0.29, 0.717) is 12.8 Å². The molecule has 0 atom stereocenters. The Morgan fingerprint density at radius 1 is 1.12 bits per heavy atom. The van der Waals surface area contributed by atoms with Crippen molar-refractivity contribution in [2.75, 3.05) is 0 Å². The highest BCUT2D eigenvalue weighted by Crippen LogP contribution is 2.36. The molecule has 2 aromatic rings. The van der Waals surface area contributed by atoms with E-state index in [1.54, 1.807) is 18.2 Å². The van der Waals surface area contributed by atoms with Crippen LogP contribution in [0.5, 0.6) is 0 Å². The number of sulfone groups is 1. The lowest BCUT2D eigenvalue weighted by atomic mass is 9.74. The van der Waals surface area contributed by atoms with Gasteiger partial charge in [0.05, 0.1) is 21.7 Å². The molecule has 0 aliphatic heterocycles. The first-order valence-corrected chi connectivity index (χ1v) is 10.1. The summed E-state index contributed by atoms with van der Waals surface area (Å²) in [4.78, 5) is 23.8. The SMILES string of the molecule is O=C(O)CC1(NC(=O)c2ccc(S(=O)(=O)c3ccccc3)s2)CCC1. The van der Waals surface area contributed by atoms with Gasteiger partial charge in [-0.15, -0.1) is 11.3 Å². The van der Waals surface area contributed by atoms with Gasteiger partial charge < -0.3 is 10.4 Å². The second-order valence-electron chi connectivity index (χ2n) is 6.09. The van der Waals surface area contributed by atoms with E-state index in [1.807, 2.05) is 0 Å². The van der Waals surface area contributed by atoms with Gasteiger partial charge in [0.1, 0.15) is 4.21 Å². The van der Waals surface area contributed by atoms with Gasteiger partial charge in [-0.05, 0) is 43.5 Å². The van der Waals surface area contributed by atoms with Crippen LogP contribution in [0.3, 0.4) is 0 Å². The summed E-state index contributed by atoms with van der Waals surface area (Å²) < 4.78 is 25.2. The largest absolute Gasteiger partial charge is 0.481 e. The molecule has 6 nitrogen and oxygen atoms in total. The van der Waals surface area contributed by atoms with Gasteiger partial charge in [-0.2, -0.15) is 0 Å². The Labute approximate surface area is 149 Å². The predicted octanol–water partition coefficient (Wildman–Crippen LogP) is 2.71. The first kappa shape index (κ1) is 17.6. The van der Waals surface area contributed by atoms with E-state index in [2.05, 4.69) is 5.32 Å². The summed E-state index contributed by atoms with van der Waals surface area (Å²) in [7, 11) is -3.66. The van der Waals surface area contributed by atoms with E-state index in [9.17, 15) is 18.0 Å². The highest BCUT2D eigenvalue weighted by atomic mass is 32.2. The number of nitrogens with one attached hydrogen (secondary N) is 1. The highest BCUT2D eigenvalue weighted by molar-refractivity contribution is 7.93. The lowest BCUT2D eigenvalue weighted by molar-refractivity contribution is -0.139. The molecule has 1 fully saturated rings. The van der Waals surface area contributed by atoms with Crippen molar-refractivity contribution < 1.29 is 23.1 Å². The van der Waals surface area contributed by atoms with Crippen LogP contribution in [0.2, 0.25) is 0 Å². The molecule has 1 aromatic carbocycles. The number of carboxylic acid groups (broad SMARTS) is 1. The monoisotopic (exact) mass is 379 g/mol. The molecule has 1 amide bonds. The summed E-state index contributed by atoms with van der Waals surface area (Å²) in [5.41, 5.74) is -0.717. The Kier molecular flexibility index (Phi) is 4.66. The molecular formula is C17H17NO5S2. The summed E-state index contributed by atoms with van der Waals surface area (Å²) in [5, 5.41) is 11.8. The Hall–Kier alpha value is -2.19. The number of carbonyl (C=O) groups is 2. The normalized spacial score (nSPS) is 16.0. The molecule has 8 heteroatoms. The molecule has 0 bridgehead atoms. The van der Waals surface area contributed by atoms with Gasteiger partial charge in [0.15, 0.2) is 0 Å². The van der Waals surface area contributed by atoms with Crippen LogP contribution in [0, 0.1) is 0 Å². The third kappa shape index (κ3) is 3.59. The zero-order valence-corrected chi connectivity index (χ0v) is 14.9. The molecule has 1 saturated carbocycles. The number of benzene rings is 1. The van der Waals surface area contributed by atoms with Gasteiger partial charge in [-0.25, -0.2) is 8.42 Å². The second kappa shape index (κ2) is 6.61.